The summed E-state index contributed by atoms with van der Waals surface area (Å²) in [6.07, 6.45) is 2.38. The van der Waals surface area contributed by atoms with Crippen LogP contribution in [0.3, 0.4) is 0 Å². The summed E-state index contributed by atoms with van der Waals surface area (Å²) in [5.74, 6) is 5.79. The van der Waals surface area contributed by atoms with E-state index in [4.69, 9.17) is 10.6 Å². The average molecular weight is 259 g/mol. The molecule has 0 saturated heterocycles. The van der Waals surface area contributed by atoms with Crippen LogP contribution in [0.25, 0.3) is 0 Å². The van der Waals surface area contributed by atoms with E-state index in [9.17, 15) is 0 Å². The average Bonchev–Trinajstić information content (AvgIpc) is 2.37. The summed E-state index contributed by atoms with van der Waals surface area (Å²) in [7, 11) is 0. The molecule has 0 bridgehead atoms. The Kier molecular flexibility index (Phi) is 8.78. The molecule has 0 aliphatic carbocycles. The molecule has 0 spiro atoms. The number of hydrazine groups is 1. The van der Waals surface area contributed by atoms with Gasteiger partial charge in [-0.1, -0.05) is 27.7 Å². The van der Waals surface area contributed by atoms with Crippen LogP contribution >= 0.6 is 0 Å². The van der Waals surface area contributed by atoms with Crippen LogP contribution in [0, 0.1) is 0 Å². The first-order chi connectivity index (χ1) is 8.52. The standard InChI is InChI=1S/C14H33N3O/c1-7-14(8-2,17(9-3)10-4)13(16-15)11-18-12(5)6/h12-13,16H,7-11,15H2,1-6H3. The molecule has 4 heteroatoms. The van der Waals surface area contributed by atoms with Crippen molar-refractivity contribution in [3.8, 4) is 0 Å². The molecule has 18 heavy (non-hydrogen) atoms. The molecular weight excluding hydrogens is 226 g/mol. The van der Waals surface area contributed by atoms with Gasteiger partial charge in [0.2, 0.25) is 0 Å². The molecule has 3 N–H and O–H groups in total. The molecule has 0 aliphatic heterocycles. The number of nitrogens with two attached hydrogens (primary N) is 1. The van der Waals surface area contributed by atoms with Crippen molar-refractivity contribution in [2.75, 3.05) is 19.7 Å². The number of rotatable bonds is 10. The minimum Gasteiger partial charge on any atom is -0.377 e. The second-order valence-corrected chi connectivity index (χ2v) is 5.08. The lowest BCUT2D eigenvalue weighted by Crippen LogP contribution is -2.64. The minimum atomic E-state index is 0.0765. The summed E-state index contributed by atoms with van der Waals surface area (Å²) in [5, 5.41) is 0. The Morgan fingerprint density at radius 2 is 1.61 bits per heavy atom. The van der Waals surface area contributed by atoms with Crippen molar-refractivity contribution in [3.63, 3.8) is 0 Å². The Labute approximate surface area is 113 Å². The van der Waals surface area contributed by atoms with E-state index in [0.717, 1.165) is 25.9 Å². The van der Waals surface area contributed by atoms with Gasteiger partial charge in [0.15, 0.2) is 0 Å². The van der Waals surface area contributed by atoms with Gasteiger partial charge in [-0.15, -0.1) is 0 Å². The van der Waals surface area contributed by atoms with E-state index in [1.165, 1.54) is 0 Å². The smallest absolute Gasteiger partial charge is 0.0654 e. The number of hydrogen-bond acceptors (Lipinski definition) is 4. The summed E-state index contributed by atoms with van der Waals surface area (Å²) in [6.45, 7) is 15.8. The van der Waals surface area contributed by atoms with Crippen LogP contribution in [-0.4, -0.2) is 42.3 Å². The van der Waals surface area contributed by atoms with Gasteiger partial charge in [0.1, 0.15) is 0 Å². The monoisotopic (exact) mass is 259 g/mol. The van der Waals surface area contributed by atoms with E-state index in [1.54, 1.807) is 0 Å². The van der Waals surface area contributed by atoms with Crippen molar-refractivity contribution in [1.29, 1.82) is 0 Å². The molecule has 0 aromatic rings. The zero-order chi connectivity index (χ0) is 14.2. The van der Waals surface area contributed by atoms with E-state index in [0.29, 0.717) is 6.61 Å². The molecule has 0 aromatic carbocycles. The van der Waals surface area contributed by atoms with Gasteiger partial charge in [-0.25, -0.2) is 0 Å². The Morgan fingerprint density at radius 1 is 1.11 bits per heavy atom. The molecule has 0 rings (SSSR count). The summed E-state index contributed by atoms with van der Waals surface area (Å²) in [5.41, 5.74) is 3.06. The Balaban J connectivity index is 5.00. The first-order valence-electron chi connectivity index (χ1n) is 7.34. The fourth-order valence-electron chi connectivity index (χ4n) is 2.91. The molecule has 0 saturated carbocycles. The number of likely N-dealkylation sites (N-methyl/N-ethyl adjacent to an activating group) is 1. The van der Waals surface area contributed by atoms with Gasteiger partial charge < -0.3 is 4.74 Å². The normalized spacial score (nSPS) is 14.5. The predicted octanol–water partition coefficient (Wildman–Crippen LogP) is 2.14. The molecule has 0 amide bonds. The third-order valence-corrected chi connectivity index (χ3v) is 4.06. The molecule has 0 heterocycles. The van der Waals surface area contributed by atoms with Gasteiger partial charge in [-0.2, -0.15) is 0 Å². The van der Waals surface area contributed by atoms with Crippen LogP contribution in [0.4, 0.5) is 0 Å². The van der Waals surface area contributed by atoms with Gasteiger partial charge in [0.25, 0.3) is 0 Å². The largest absolute Gasteiger partial charge is 0.377 e. The third-order valence-electron chi connectivity index (χ3n) is 4.06. The number of hydrogen-bond donors (Lipinski definition) is 2. The fraction of sp³-hybridized carbons (Fsp3) is 1.00. The van der Waals surface area contributed by atoms with Crippen molar-refractivity contribution in [1.82, 2.24) is 10.3 Å². The van der Waals surface area contributed by atoms with Crippen LogP contribution in [0.2, 0.25) is 0 Å². The Bertz CT molecular complexity index is 201. The van der Waals surface area contributed by atoms with E-state index in [-0.39, 0.29) is 17.7 Å². The molecule has 0 fully saturated rings. The van der Waals surface area contributed by atoms with Crippen molar-refractivity contribution >= 4 is 0 Å². The summed E-state index contributed by atoms with van der Waals surface area (Å²) < 4.78 is 5.77. The van der Waals surface area contributed by atoms with Gasteiger partial charge >= 0.3 is 0 Å². The number of nitrogens with one attached hydrogen (secondary N) is 1. The Hall–Kier alpha value is -0.160. The van der Waals surface area contributed by atoms with Crippen molar-refractivity contribution in [2.24, 2.45) is 5.84 Å². The van der Waals surface area contributed by atoms with Gasteiger partial charge in [0, 0.05) is 5.54 Å². The minimum absolute atomic E-state index is 0.0765. The molecule has 4 nitrogen and oxygen atoms in total. The first-order valence-corrected chi connectivity index (χ1v) is 7.34. The van der Waals surface area contributed by atoms with E-state index in [2.05, 4.69) is 51.9 Å². The molecular formula is C14H33N3O. The lowest BCUT2D eigenvalue weighted by molar-refractivity contribution is -0.0130. The third kappa shape index (κ3) is 4.19. The maximum atomic E-state index is 5.79. The summed E-state index contributed by atoms with van der Waals surface area (Å²) in [4.78, 5) is 2.50. The molecule has 110 valence electrons. The molecule has 0 radical (unpaired) electrons. The molecule has 0 aliphatic rings. The van der Waals surface area contributed by atoms with E-state index >= 15 is 0 Å². The van der Waals surface area contributed by atoms with Gasteiger partial charge in [0.05, 0.1) is 18.8 Å². The quantitative estimate of drug-likeness (QED) is 0.466. The highest BCUT2D eigenvalue weighted by molar-refractivity contribution is 4.97. The van der Waals surface area contributed by atoms with Crippen molar-refractivity contribution in [3.05, 3.63) is 0 Å². The summed E-state index contributed by atoms with van der Waals surface area (Å²) >= 11 is 0. The highest BCUT2D eigenvalue weighted by atomic mass is 16.5. The molecule has 1 unspecified atom stereocenters. The number of ether oxygens (including phenoxy) is 1. The first kappa shape index (κ1) is 17.8. The van der Waals surface area contributed by atoms with Gasteiger partial charge in [-0.3, -0.25) is 16.2 Å². The summed E-state index contributed by atoms with van der Waals surface area (Å²) in [6, 6.07) is 0.162. The Morgan fingerprint density at radius 3 is 1.89 bits per heavy atom. The molecule has 0 aromatic heterocycles. The zero-order valence-electron chi connectivity index (χ0n) is 13.1. The van der Waals surface area contributed by atoms with Crippen LogP contribution in [0.15, 0.2) is 0 Å². The van der Waals surface area contributed by atoms with Crippen LogP contribution in [0.5, 0.6) is 0 Å². The SMILES string of the molecule is CCN(CC)C(CC)(CC)C(COC(C)C)NN. The lowest BCUT2D eigenvalue weighted by atomic mass is 9.83. The highest BCUT2D eigenvalue weighted by Crippen LogP contribution is 2.28. The zero-order valence-corrected chi connectivity index (χ0v) is 13.1. The van der Waals surface area contributed by atoms with Crippen LogP contribution in [0.1, 0.15) is 54.4 Å². The van der Waals surface area contributed by atoms with Crippen LogP contribution in [-0.2, 0) is 4.74 Å². The highest BCUT2D eigenvalue weighted by Gasteiger charge is 2.39. The maximum absolute atomic E-state index is 5.79. The van der Waals surface area contributed by atoms with Crippen molar-refractivity contribution < 1.29 is 4.74 Å². The van der Waals surface area contributed by atoms with Crippen molar-refractivity contribution in [2.45, 2.75) is 72.1 Å². The molecule has 1 atom stereocenters. The predicted molar refractivity (Wildman–Crippen MR) is 78.4 cm³/mol. The van der Waals surface area contributed by atoms with E-state index < -0.39 is 0 Å². The van der Waals surface area contributed by atoms with E-state index in [1.807, 2.05) is 0 Å². The lowest BCUT2D eigenvalue weighted by Gasteiger charge is -2.47. The van der Waals surface area contributed by atoms with Gasteiger partial charge in [-0.05, 0) is 39.8 Å². The second-order valence-electron chi connectivity index (χ2n) is 5.08. The fourth-order valence-corrected chi connectivity index (χ4v) is 2.91. The number of nitrogens with zero attached hydrogens (tertiary/aromatic N) is 1. The topological polar surface area (TPSA) is 50.5 Å². The van der Waals surface area contributed by atoms with Crippen LogP contribution < -0.4 is 11.3 Å². The maximum Gasteiger partial charge on any atom is 0.0654 e. The second kappa shape index (κ2) is 8.86.